The van der Waals surface area contributed by atoms with Crippen LogP contribution in [0.15, 0.2) is 24.3 Å². The molecule has 1 aliphatic carbocycles. The smallest absolute Gasteiger partial charge is 0.238 e. The molecule has 154 valence electrons. The van der Waals surface area contributed by atoms with E-state index in [2.05, 4.69) is 27.4 Å². The van der Waals surface area contributed by atoms with E-state index in [1.807, 2.05) is 12.1 Å². The summed E-state index contributed by atoms with van der Waals surface area (Å²) in [6, 6.07) is 7.57. The van der Waals surface area contributed by atoms with Gasteiger partial charge in [-0.1, -0.05) is 43.5 Å². The second kappa shape index (κ2) is 10.2. The van der Waals surface area contributed by atoms with Crippen LogP contribution in [-0.2, 0) is 9.59 Å². The average molecular weight is 407 g/mol. The molecule has 6 nitrogen and oxygen atoms in total. The van der Waals surface area contributed by atoms with Crippen LogP contribution in [0.5, 0.6) is 0 Å². The highest BCUT2D eigenvalue weighted by Gasteiger charge is 2.25. The number of rotatable bonds is 6. The van der Waals surface area contributed by atoms with Gasteiger partial charge in [-0.2, -0.15) is 0 Å². The predicted octanol–water partition coefficient (Wildman–Crippen LogP) is 2.59. The van der Waals surface area contributed by atoms with E-state index in [1.54, 1.807) is 12.1 Å². The number of piperazine rings is 1. The van der Waals surface area contributed by atoms with E-state index in [0.29, 0.717) is 35.8 Å². The summed E-state index contributed by atoms with van der Waals surface area (Å²) >= 11 is 6.08. The number of hydrogen-bond acceptors (Lipinski definition) is 4. The fourth-order valence-corrected chi connectivity index (χ4v) is 4.23. The van der Waals surface area contributed by atoms with Crippen molar-refractivity contribution in [1.82, 2.24) is 15.1 Å². The van der Waals surface area contributed by atoms with Crippen molar-refractivity contribution >= 4 is 29.1 Å². The van der Waals surface area contributed by atoms with Crippen LogP contribution in [0.4, 0.5) is 5.69 Å². The molecule has 1 saturated heterocycles. The maximum Gasteiger partial charge on any atom is 0.238 e. The lowest BCUT2D eigenvalue weighted by atomic mass is 9.86. The van der Waals surface area contributed by atoms with Crippen molar-refractivity contribution in [3.05, 3.63) is 29.3 Å². The third-order valence-electron chi connectivity index (χ3n) is 5.81. The highest BCUT2D eigenvalue weighted by Crippen LogP contribution is 2.23. The summed E-state index contributed by atoms with van der Waals surface area (Å²) in [5, 5.41) is 6.62. The molecule has 0 unspecified atom stereocenters. The van der Waals surface area contributed by atoms with Gasteiger partial charge in [0.2, 0.25) is 11.8 Å². The standard InChI is InChI=1S/C21H31ClN4O2/c1-16-6-2-4-8-18(16)23-20(27)14-25-10-12-26(13-11-25)15-21(28)24-19-9-5-3-7-17(19)22/h3,5,7,9,16,18H,2,4,6,8,10-15H2,1H3,(H,23,27)(H,24,28)/t16-,18+/m1/s1. The van der Waals surface area contributed by atoms with Crippen LogP contribution in [0.2, 0.25) is 5.02 Å². The van der Waals surface area contributed by atoms with Gasteiger partial charge in [0.25, 0.3) is 0 Å². The van der Waals surface area contributed by atoms with Crippen molar-refractivity contribution in [1.29, 1.82) is 0 Å². The Morgan fingerprint density at radius 1 is 1.00 bits per heavy atom. The number of halogens is 1. The zero-order valence-corrected chi connectivity index (χ0v) is 17.4. The fourth-order valence-electron chi connectivity index (χ4n) is 4.05. The molecule has 1 aromatic carbocycles. The molecule has 0 spiro atoms. The van der Waals surface area contributed by atoms with Gasteiger partial charge >= 0.3 is 0 Å². The molecule has 0 aromatic heterocycles. The fraction of sp³-hybridized carbons (Fsp3) is 0.619. The first-order valence-corrected chi connectivity index (χ1v) is 10.7. The molecule has 2 atom stereocenters. The number of anilines is 1. The second-order valence-corrected chi connectivity index (χ2v) is 8.42. The van der Waals surface area contributed by atoms with Crippen molar-refractivity contribution in [2.24, 2.45) is 5.92 Å². The third kappa shape index (κ3) is 6.19. The number of carbonyl (C=O) groups is 2. The maximum atomic E-state index is 12.4. The van der Waals surface area contributed by atoms with E-state index in [4.69, 9.17) is 11.6 Å². The van der Waals surface area contributed by atoms with Gasteiger partial charge in [0.15, 0.2) is 0 Å². The molecule has 1 saturated carbocycles. The van der Waals surface area contributed by atoms with E-state index in [-0.39, 0.29) is 11.8 Å². The highest BCUT2D eigenvalue weighted by molar-refractivity contribution is 6.33. The number of amides is 2. The molecule has 2 amide bonds. The first-order chi connectivity index (χ1) is 13.5. The van der Waals surface area contributed by atoms with E-state index in [0.717, 1.165) is 32.6 Å². The molecule has 0 bridgehead atoms. The Bertz CT molecular complexity index is 676. The molecule has 0 radical (unpaired) electrons. The normalized spacial score (nSPS) is 23.9. The number of carbonyl (C=O) groups excluding carboxylic acids is 2. The molecule has 1 aliphatic heterocycles. The quantitative estimate of drug-likeness (QED) is 0.762. The number of nitrogens with zero attached hydrogens (tertiary/aromatic N) is 2. The van der Waals surface area contributed by atoms with Crippen molar-refractivity contribution in [2.75, 3.05) is 44.6 Å². The summed E-state index contributed by atoms with van der Waals surface area (Å²) < 4.78 is 0. The molecule has 2 N–H and O–H groups in total. The molecule has 2 fully saturated rings. The molecule has 7 heteroatoms. The van der Waals surface area contributed by atoms with Gasteiger partial charge in [-0.25, -0.2) is 0 Å². The van der Waals surface area contributed by atoms with E-state index in [1.165, 1.54) is 19.3 Å². The summed E-state index contributed by atoms with van der Waals surface area (Å²) in [5.41, 5.74) is 0.640. The summed E-state index contributed by atoms with van der Waals surface area (Å²) in [5.74, 6) is 0.639. The Labute approximate surface area is 172 Å². The van der Waals surface area contributed by atoms with Gasteiger partial charge in [-0.3, -0.25) is 19.4 Å². The lowest BCUT2D eigenvalue weighted by Gasteiger charge is -2.35. The first-order valence-electron chi connectivity index (χ1n) is 10.3. The summed E-state index contributed by atoms with van der Waals surface area (Å²) in [4.78, 5) is 28.9. The maximum absolute atomic E-state index is 12.4. The molecule has 28 heavy (non-hydrogen) atoms. The van der Waals surface area contributed by atoms with Gasteiger partial charge in [-0.15, -0.1) is 0 Å². The lowest BCUT2D eigenvalue weighted by molar-refractivity contribution is -0.124. The predicted molar refractivity (Wildman–Crippen MR) is 113 cm³/mol. The Balaban J connectivity index is 1.36. The van der Waals surface area contributed by atoms with Crippen molar-refractivity contribution < 1.29 is 9.59 Å². The van der Waals surface area contributed by atoms with Gasteiger partial charge in [0.1, 0.15) is 0 Å². The number of nitrogens with one attached hydrogen (secondary N) is 2. The molecule has 1 aromatic rings. The van der Waals surface area contributed by atoms with Gasteiger partial charge in [-0.05, 0) is 30.9 Å². The minimum Gasteiger partial charge on any atom is -0.352 e. The summed E-state index contributed by atoms with van der Waals surface area (Å²) in [6.07, 6.45) is 4.80. The summed E-state index contributed by atoms with van der Waals surface area (Å²) in [6.45, 7) is 6.18. The Kier molecular flexibility index (Phi) is 7.71. The van der Waals surface area contributed by atoms with E-state index in [9.17, 15) is 9.59 Å². The molecular formula is C21H31ClN4O2. The molecular weight excluding hydrogens is 376 g/mol. The van der Waals surface area contributed by atoms with Crippen molar-refractivity contribution in [3.63, 3.8) is 0 Å². The van der Waals surface area contributed by atoms with Crippen LogP contribution in [0.1, 0.15) is 32.6 Å². The van der Waals surface area contributed by atoms with Crippen LogP contribution >= 0.6 is 11.6 Å². The molecule has 3 rings (SSSR count). The average Bonchev–Trinajstić information content (AvgIpc) is 2.67. The molecule has 1 heterocycles. The minimum atomic E-state index is -0.0643. The van der Waals surface area contributed by atoms with Gasteiger partial charge < -0.3 is 10.6 Å². The van der Waals surface area contributed by atoms with Crippen LogP contribution in [0, 0.1) is 5.92 Å². The van der Waals surface area contributed by atoms with Crippen LogP contribution in [0.3, 0.4) is 0 Å². The number of para-hydroxylation sites is 1. The number of benzene rings is 1. The van der Waals surface area contributed by atoms with Crippen LogP contribution in [0.25, 0.3) is 0 Å². The largest absolute Gasteiger partial charge is 0.352 e. The van der Waals surface area contributed by atoms with Gasteiger partial charge in [0, 0.05) is 32.2 Å². The zero-order chi connectivity index (χ0) is 19.9. The molecule has 2 aliphatic rings. The van der Waals surface area contributed by atoms with Crippen molar-refractivity contribution in [2.45, 2.75) is 38.6 Å². The lowest BCUT2D eigenvalue weighted by Crippen LogP contribution is -2.52. The summed E-state index contributed by atoms with van der Waals surface area (Å²) in [7, 11) is 0. The number of hydrogen-bond donors (Lipinski definition) is 2. The Morgan fingerprint density at radius 2 is 1.61 bits per heavy atom. The second-order valence-electron chi connectivity index (χ2n) is 8.02. The van der Waals surface area contributed by atoms with Crippen LogP contribution in [-0.4, -0.2) is 66.9 Å². The SMILES string of the molecule is C[C@@H]1CCCC[C@@H]1NC(=O)CN1CCN(CC(=O)Nc2ccccc2Cl)CC1. The Morgan fingerprint density at radius 3 is 2.25 bits per heavy atom. The monoisotopic (exact) mass is 406 g/mol. The van der Waals surface area contributed by atoms with E-state index < -0.39 is 0 Å². The van der Waals surface area contributed by atoms with Crippen molar-refractivity contribution in [3.8, 4) is 0 Å². The minimum absolute atomic E-state index is 0.0643. The van der Waals surface area contributed by atoms with E-state index >= 15 is 0 Å². The van der Waals surface area contributed by atoms with Crippen LogP contribution < -0.4 is 10.6 Å². The first kappa shape index (κ1) is 21.1. The third-order valence-corrected chi connectivity index (χ3v) is 6.13. The zero-order valence-electron chi connectivity index (χ0n) is 16.6. The topological polar surface area (TPSA) is 64.7 Å². The van der Waals surface area contributed by atoms with Gasteiger partial charge in [0.05, 0.1) is 23.8 Å². The highest BCUT2D eigenvalue weighted by atomic mass is 35.5. The Hall–Kier alpha value is -1.63.